The monoisotopic (exact) mass is 438 g/mol. The Morgan fingerprint density at radius 1 is 1.32 bits per heavy atom. The smallest absolute Gasteiger partial charge is 0.242 e. The molecule has 1 aliphatic carbocycles. The predicted octanol–water partition coefficient (Wildman–Crippen LogP) is 2.97. The van der Waals surface area contributed by atoms with Crippen LogP contribution in [-0.4, -0.2) is 50.6 Å². The molecular weight excluding hydrogens is 412 g/mol. The predicted molar refractivity (Wildman–Crippen MR) is 120 cm³/mol. The number of amides is 1. The van der Waals surface area contributed by atoms with Crippen LogP contribution in [0.15, 0.2) is 57.5 Å². The maximum absolute atomic E-state index is 12.6. The summed E-state index contributed by atoms with van der Waals surface area (Å²) in [5.41, 5.74) is 0.194. The molecule has 1 fully saturated rings. The van der Waals surface area contributed by atoms with E-state index >= 15 is 0 Å². The number of aliphatic hydroxyl groups is 1. The van der Waals surface area contributed by atoms with Gasteiger partial charge in [-0.05, 0) is 38.0 Å². The van der Waals surface area contributed by atoms with Crippen LogP contribution in [0.3, 0.4) is 0 Å². The van der Waals surface area contributed by atoms with E-state index in [-0.39, 0.29) is 30.1 Å². The lowest BCUT2D eigenvalue weighted by molar-refractivity contribution is -0.125. The Hall–Kier alpha value is -2.80. The van der Waals surface area contributed by atoms with E-state index in [1.165, 1.54) is 5.01 Å². The lowest BCUT2D eigenvalue weighted by Gasteiger charge is -2.41. The summed E-state index contributed by atoms with van der Waals surface area (Å²) < 4.78 is 1.91. The van der Waals surface area contributed by atoms with Gasteiger partial charge in [0.15, 0.2) is 11.6 Å². The number of carbonyl (C=O) groups excluding carboxylic acids is 2. The van der Waals surface area contributed by atoms with E-state index in [0.717, 1.165) is 15.6 Å². The molecule has 0 radical (unpaired) electrons. The summed E-state index contributed by atoms with van der Waals surface area (Å²) in [6.45, 7) is 5.73. The van der Waals surface area contributed by atoms with Crippen molar-refractivity contribution >= 4 is 35.1 Å². The molecule has 8 heteroatoms. The van der Waals surface area contributed by atoms with Crippen molar-refractivity contribution in [2.75, 3.05) is 6.54 Å². The van der Waals surface area contributed by atoms with Crippen LogP contribution in [0.2, 0.25) is 0 Å². The van der Waals surface area contributed by atoms with Gasteiger partial charge >= 0.3 is 0 Å². The molecule has 31 heavy (non-hydrogen) atoms. The normalized spacial score (nSPS) is 22.5. The Morgan fingerprint density at radius 3 is 2.65 bits per heavy atom. The third-order valence-corrected chi connectivity index (χ3v) is 6.36. The molecule has 1 aromatic carbocycles. The molecule has 1 aliphatic heterocycles. The van der Waals surface area contributed by atoms with E-state index in [4.69, 9.17) is 0 Å². The molecule has 0 unspecified atom stereocenters. The van der Waals surface area contributed by atoms with E-state index in [1.54, 1.807) is 18.7 Å². The zero-order valence-corrected chi connectivity index (χ0v) is 18.6. The van der Waals surface area contributed by atoms with E-state index < -0.39 is 5.60 Å². The highest BCUT2D eigenvalue weighted by molar-refractivity contribution is 7.99. The molecule has 7 nitrogen and oxygen atoms in total. The number of benzene rings is 1. The summed E-state index contributed by atoms with van der Waals surface area (Å²) in [5.74, 6) is 2.59. The van der Waals surface area contributed by atoms with Crippen LogP contribution in [0.25, 0.3) is 5.70 Å². The first kappa shape index (κ1) is 21.4. The Kier molecular flexibility index (Phi) is 5.79. The second kappa shape index (κ2) is 8.38. The van der Waals surface area contributed by atoms with Crippen molar-refractivity contribution in [3.05, 3.63) is 48.3 Å². The number of nitrogens with zero attached hydrogens (tertiary/aromatic N) is 3. The highest BCUT2D eigenvalue weighted by Gasteiger charge is 2.39. The summed E-state index contributed by atoms with van der Waals surface area (Å²) in [6, 6.07) is 11.9. The van der Waals surface area contributed by atoms with Gasteiger partial charge in [-0.3, -0.25) is 9.36 Å². The molecule has 0 bridgehead atoms. The number of rotatable bonds is 6. The van der Waals surface area contributed by atoms with Gasteiger partial charge in [-0.25, -0.2) is 9.80 Å². The summed E-state index contributed by atoms with van der Waals surface area (Å²) in [5, 5.41) is 18.8. The first-order valence-electron chi connectivity index (χ1n) is 10.3. The van der Waals surface area contributed by atoms with Crippen LogP contribution in [-0.2, 0) is 9.59 Å². The molecule has 162 valence electrons. The minimum atomic E-state index is -0.715. The third kappa shape index (κ3) is 4.61. The second-order valence-corrected chi connectivity index (χ2v) is 9.78. The largest absolute Gasteiger partial charge is 0.390 e. The van der Waals surface area contributed by atoms with Gasteiger partial charge in [-0.1, -0.05) is 43.8 Å². The summed E-state index contributed by atoms with van der Waals surface area (Å²) in [6.07, 6.45) is 3.02. The van der Waals surface area contributed by atoms with Gasteiger partial charge in [0.1, 0.15) is 12.4 Å². The van der Waals surface area contributed by atoms with Crippen LogP contribution in [0.1, 0.15) is 39.3 Å². The topological polar surface area (TPSA) is 86.9 Å². The first-order valence-corrected chi connectivity index (χ1v) is 11.2. The molecule has 2 N–H and O–H groups in total. The van der Waals surface area contributed by atoms with Crippen molar-refractivity contribution in [1.29, 1.82) is 0 Å². The molecule has 1 amide bonds. The van der Waals surface area contributed by atoms with Crippen LogP contribution in [0, 0.1) is 5.92 Å². The van der Waals surface area contributed by atoms with Crippen molar-refractivity contribution < 1.29 is 14.7 Å². The molecule has 0 saturated heterocycles. The van der Waals surface area contributed by atoms with Gasteiger partial charge in [-0.2, -0.15) is 5.10 Å². The molecule has 2 heterocycles. The molecule has 2 aromatic rings. The zero-order valence-electron chi connectivity index (χ0n) is 17.8. The fourth-order valence-electron chi connectivity index (χ4n) is 3.97. The summed E-state index contributed by atoms with van der Waals surface area (Å²) >= 11 is 1.60. The minimum absolute atomic E-state index is 0.0535. The van der Waals surface area contributed by atoms with Crippen molar-refractivity contribution in [2.45, 2.75) is 55.0 Å². The van der Waals surface area contributed by atoms with Gasteiger partial charge < -0.3 is 10.4 Å². The van der Waals surface area contributed by atoms with Gasteiger partial charge in [0, 0.05) is 27.9 Å². The second-order valence-electron chi connectivity index (χ2n) is 8.64. The van der Waals surface area contributed by atoms with Crippen molar-refractivity contribution in [1.82, 2.24) is 14.9 Å². The summed E-state index contributed by atoms with van der Waals surface area (Å²) in [4.78, 5) is 26.5. The zero-order chi connectivity index (χ0) is 22.2. The highest BCUT2D eigenvalue weighted by Crippen LogP contribution is 2.34. The fourth-order valence-corrected chi connectivity index (χ4v) is 4.87. The SMILES string of the molecule is CC(C)C1=NN(CC(=O)NC2CC(C)(O)C2)C(=C=O)c2cc(Sc3ccccc3)cn21. The number of hydrazone groups is 1. The fraction of sp³-hybridized carbons (Fsp3) is 0.391. The molecule has 0 spiro atoms. The standard InChI is InChI=1S/C23H26N4O3S/c1-15(2)22-25-27(13-21(29)24-16-10-23(3,30)11-16)20(14-28)19-9-18(12-26(19)22)31-17-7-5-4-6-8-17/h4-9,12,15-16,30H,10-11,13H2,1-3H3,(H,24,29). The van der Waals surface area contributed by atoms with E-state index in [2.05, 4.69) is 10.4 Å². The number of carbonyl (C=O) groups is 1. The maximum Gasteiger partial charge on any atom is 0.242 e. The highest BCUT2D eigenvalue weighted by atomic mass is 32.2. The van der Waals surface area contributed by atoms with Gasteiger partial charge in [0.25, 0.3) is 0 Å². The van der Waals surface area contributed by atoms with E-state index in [1.807, 2.05) is 67.0 Å². The minimum Gasteiger partial charge on any atom is -0.390 e. The Bertz CT molecular complexity index is 1060. The van der Waals surface area contributed by atoms with E-state index in [9.17, 15) is 14.7 Å². The molecule has 4 rings (SSSR count). The third-order valence-electron chi connectivity index (χ3n) is 5.39. The quantitative estimate of drug-likeness (QED) is 0.677. The lowest BCUT2D eigenvalue weighted by Crippen LogP contribution is -2.54. The Labute approximate surface area is 185 Å². The van der Waals surface area contributed by atoms with E-state index in [0.29, 0.717) is 18.5 Å². The average Bonchev–Trinajstić information content (AvgIpc) is 3.09. The van der Waals surface area contributed by atoms with Gasteiger partial charge in [0.2, 0.25) is 5.91 Å². The lowest BCUT2D eigenvalue weighted by atomic mass is 9.77. The molecule has 1 aromatic heterocycles. The van der Waals surface area contributed by atoms with Crippen molar-refractivity contribution in [2.24, 2.45) is 11.0 Å². The maximum atomic E-state index is 12.6. The van der Waals surface area contributed by atoms with Gasteiger partial charge in [-0.15, -0.1) is 0 Å². The molecule has 1 saturated carbocycles. The number of aromatic nitrogens is 1. The van der Waals surface area contributed by atoms with Gasteiger partial charge in [0.05, 0.1) is 11.3 Å². The van der Waals surface area contributed by atoms with Crippen LogP contribution in [0.5, 0.6) is 0 Å². The van der Waals surface area contributed by atoms with Crippen LogP contribution >= 0.6 is 11.8 Å². The van der Waals surface area contributed by atoms with Crippen molar-refractivity contribution in [3.63, 3.8) is 0 Å². The van der Waals surface area contributed by atoms with Crippen LogP contribution < -0.4 is 5.32 Å². The Balaban J connectivity index is 1.56. The molecule has 2 aliphatic rings. The van der Waals surface area contributed by atoms with Crippen LogP contribution in [0.4, 0.5) is 0 Å². The number of hydrogen-bond donors (Lipinski definition) is 2. The number of fused-ring (bicyclic) bond motifs is 1. The first-order chi connectivity index (χ1) is 14.8. The molecule has 0 atom stereocenters. The van der Waals surface area contributed by atoms with Crippen molar-refractivity contribution in [3.8, 4) is 0 Å². The average molecular weight is 439 g/mol. The summed E-state index contributed by atoms with van der Waals surface area (Å²) in [7, 11) is 0. The molecular formula is C23H26N4O3S. The number of hydrogen-bond acceptors (Lipinski definition) is 6. The Morgan fingerprint density at radius 2 is 2.03 bits per heavy atom. The number of nitrogens with one attached hydrogen (secondary N) is 1.